The Kier molecular flexibility index (Phi) is 6.33. The lowest BCUT2D eigenvalue weighted by Gasteiger charge is -2.52. The van der Waals surface area contributed by atoms with Crippen LogP contribution in [0, 0.1) is 0 Å². The Morgan fingerprint density at radius 3 is 2.20 bits per heavy atom. The van der Waals surface area contributed by atoms with Crippen molar-refractivity contribution in [2.45, 2.75) is 114 Å². The molecule has 0 amide bonds. The molecule has 3 aliphatic rings. The first-order chi connectivity index (χ1) is 13.6. The number of fused-ring (bicyclic) bond motifs is 2. The van der Waals surface area contributed by atoms with E-state index in [9.17, 15) is 5.11 Å². The predicted molar refractivity (Wildman–Crippen MR) is 112 cm³/mol. The van der Waals surface area contributed by atoms with Crippen LogP contribution < -0.4 is 0 Å². The highest BCUT2D eigenvalue weighted by Gasteiger charge is 2.71. The summed E-state index contributed by atoms with van der Waals surface area (Å²) in [5.41, 5.74) is -1.05. The van der Waals surface area contributed by atoms with Crippen LogP contribution in [0.5, 0.6) is 0 Å². The van der Waals surface area contributed by atoms with Crippen molar-refractivity contribution in [3.63, 3.8) is 0 Å². The molecule has 1 saturated carbocycles. The zero-order valence-electron chi connectivity index (χ0n) is 20.1. The van der Waals surface area contributed by atoms with Crippen molar-refractivity contribution in [3.05, 3.63) is 0 Å². The van der Waals surface area contributed by atoms with E-state index in [1.165, 1.54) is 0 Å². The second kappa shape index (κ2) is 7.74. The third-order valence-corrected chi connectivity index (χ3v) is 11.2. The number of methoxy groups -OCH3 is 1. The van der Waals surface area contributed by atoms with Crippen LogP contribution in [-0.4, -0.2) is 81.6 Å². The van der Waals surface area contributed by atoms with E-state index in [1.54, 1.807) is 7.11 Å². The summed E-state index contributed by atoms with van der Waals surface area (Å²) >= 11 is 0. The second-order valence-electron chi connectivity index (χ2n) is 11.1. The summed E-state index contributed by atoms with van der Waals surface area (Å²) in [7, 11) is -0.691. The number of rotatable bonds is 5. The van der Waals surface area contributed by atoms with Gasteiger partial charge in [-0.25, -0.2) is 0 Å². The Balaban J connectivity index is 2.03. The van der Waals surface area contributed by atoms with E-state index in [0.717, 1.165) is 0 Å². The number of hydrogen-bond donors (Lipinski definition) is 1. The molecule has 0 aromatic heterocycles. The number of hydrogen-bond acceptors (Lipinski definition) is 8. The van der Waals surface area contributed by atoms with Gasteiger partial charge in [0.15, 0.2) is 25.5 Å². The summed E-state index contributed by atoms with van der Waals surface area (Å²) in [5, 5.41) is 11.5. The highest BCUT2D eigenvalue weighted by molar-refractivity contribution is 6.74. The first-order valence-corrected chi connectivity index (χ1v) is 13.6. The van der Waals surface area contributed by atoms with Crippen LogP contribution in [0.3, 0.4) is 0 Å². The molecular weight excluding hydrogens is 408 g/mol. The minimum atomic E-state index is -2.24. The average Bonchev–Trinajstić information content (AvgIpc) is 3.08. The van der Waals surface area contributed by atoms with Crippen molar-refractivity contribution in [1.82, 2.24) is 0 Å². The minimum Gasteiger partial charge on any atom is -0.408 e. The summed E-state index contributed by atoms with van der Waals surface area (Å²) in [6.07, 6.45) is -3.46. The van der Waals surface area contributed by atoms with Crippen molar-refractivity contribution in [3.8, 4) is 0 Å². The Labute approximate surface area is 181 Å². The Morgan fingerprint density at radius 2 is 1.70 bits per heavy atom. The molecular formula is C21H40O8Si. The molecule has 2 aliphatic heterocycles. The molecule has 0 bridgehead atoms. The highest BCUT2D eigenvalue weighted by Crippen LogP contribution is 2.51. The summed E-state index contributed by atoms with van der Waals surface area (Å²) in [5.74, 6) is -1.70. The summed E-state index contributed by atoms with van der Waals surface area (Å²) in [6, 6.07) is 0. The maximum absolute atomic E-state index is 11.5. The van der Waals surface area contributed by atoms with E-state index in [-0.39, 0.29) is 18.4 Å². The lowest BCUT2D eigenvalue weighted by Crippen LogP contribution is -2.73. The molecule has 3 rings (SSSR count). The number of aliphatic hydroxyl groups is 1. The topological polar surface area (TPSA) is 84.8 Å². The maximum atomic E-state index is 11.5. The Morgan fingerprint density at radius 1 is 1.07 bits per heavy atom. The molecule has 1 aliphatic carbocycles. The van der Waals surface area contributed by atoms with Gasteiger partial charge in [0.1, 0.15) is 37.3 Å². The van der Waals surface area contributed by atoms with Gasteiger partial charge in [-0.2, -0.15) is 0 Å². The molecule has 0 aromatic rings. The predicted octanol–water partition coefficient (Wildman–Crippen LogP) is 2.78. The monoisotopic (exact) mass is 448 g/mol. The van der Waals surface area contributed by atoms with E-state index < -0.39 is 56.0 Å². The van der Waals surface area contributed by atoms with Crippen LogP contribution in [0.25, 0.3) is 0 Å². The van der Waals surface area contributed by atoms with Crippen LogP contribution >= 0.6 is 0 Å². The van der Waals surface area contributed by atoms with E-state index in [1.807, 2.05) is 27.7 Å². The minimum absolute atomic E-state index is 0.00170. The van der Waals surface area contributed by atoms with Crippen LogP contribution in [-0.2, 0) is 32.8 Å². The number of aliphatic hydroxyl groups excluding tert-OH is 1. The normalized spacial score (nSPS) is 40.7. The van der Waals surface area contributed by atoms with E-state index in [4.69, 9.17) is 32.8 Å². The van der Waals surface area contributed by atoms with E-state index >= 15 is 0 Å². The van der Waals surface area contributed by atoms with Gasteiger partial charge < -0.3 is 38.0 Å². The van der Waals surface area contributed by atoms with Crippen LogP contribution in [0.1, 0.15) is 48.5 Å². The van der Waals surface area contributed by atoms with E-state index in [0.29, 0.717) is 0 Å². The van der Waals surface area contributed by atoms with Gasteiger partial charge in [0.2, 0.25) is 0 Å². The third kappa shape index (κ3) is 4.25. The van der Waals surface area contributed by atoms with E-state index in [2.05, 4.69) is 33.9 Å². The second-order valence-corrected chi connectivity index (χ2v) is 15.8. The molecule has 2 saturated heterocycles. The molecule has 0 unspecified atom stereocenters. The van der Waals surface area contributed by atoms with Gasteiger partial charge in [-0.3, -0.25) is 0 Å². The molecule has 2 heterocycles. The smallest absolute Gasteiger partial charge is 0.192 e. The molecule has 6 atom stereocenters. The fourth-order valence-electron chi connectivity index (χ4n) is 4.34. The standard InChI is InChI=1S/C21H40O8Si/c1-18(2,3)30(9,10)28-14-13(22)16(24-12-23-8)21(11-25-19(4,5)29-21)17-15(14)26-20(6,7)27-17/h13-17,22H,11-12H2,1-10H3/t13-,14-,15-,16+,17-,21-/m0/s1. The Hall–Kier alpha value is -0.103. The lowest BCUT2D eigenvalue weighted by atomic mass is 9.75. The van der Waals surface area contributed by atoms with Gasteiger partial charge in [0.25, 0.3) is 0 Å². The van der Waals surface area contributed by atoms with Gasteiger partial charge in [-0.1, -0.05) is 20.8 Å². The van der Waals surface area contributed by atoms with Crippen LogP contribution in [0.15, 0.2) is 0 Å². The molecule has 9 heteroatoms. The van der Waals surface area contributed by atoms with Crippen molar-refractivity contribution >= 4 is 8.32 Å². The SMILES string of the molecule is COCO[C@@H]1[C@@H](O)[C@H](O[Si](C)(C)C(C)(C)C)[C@@H]2OC(C)(C)O[C@@H]2[C@]12COC(C)(C)O2. The lowest BCUT2D eigenvalue weighted by molar-refractivity contribution is -0.287. The zero-order chi connectivity index (χ0) is 22.8. The summed E-state index contributed by atoms with van der Waals surface area (Å²) in [4.78, 5) is 0. The molecule has 8 nitrogen and oxygen atoms in total. The van der Waals surface area contributed by atoms with Crippen molar-refractivity contribution in [1.29, 1.82) is 0 Å². The first kappa shape index (κ1) is 24.5. The van der Waals surface area contributed by atoms with Crippen LogP contribution in [0.4, 0.5) is 0 Å². The third-order valence-electron chi connectivity index (χ3n) is 6.75. The highest BCUT2D eigenvalue weighted by atomic mass is 28.4. The zero-order valence-corrected chi connectivity index (χ0v) is 21.1. The molecule has 176 valence electrons. The summed E-state index contributed by atoms with van der Waals surface area (Å²) in [6.45, 7) is 18.4. The van der Waals surface area contributed by atoms with Gasteiger partial charge in [0, 0.05) is 7.11 Å². The molecule has 0 radical (unpaired) electrons. The number of ether oxygens (including phenoxy) is 6. The molecule has 30 heavy (non-hydrogen) atoms. The molecule has 1 spiro atoms. The average molecular weight is 449 g/mol. The van der Waals surface area contributed by atoms with Gasteiger partial charge in [0.05, 0.1) is 6.61 Å². The van der Waals surface area contributed by atoms with Crippen molar-refractivity contribution in [2.24, 2.45) is 0 Å². The molecule has 0 aromatic carbocycles. The quantitative estimate of drug-likeness (QED) is 0.508. The molecule has 3 fully saturated rings. The first-order valence-electron chi connectivity index (χ1n) is 10.7. The fraction of sp³-hybridized carbons (Fsp3) is 1.00. The van der Waals surface area contributed by atoms with Crippen molar-refractivity contribution in [2.75, 3.05) is 20.5 Å². The Bertz CT molecular complexity index is 631. The maximum Gasteiger partial charge on any atom is 0.192 e. The van der Waals surface area contributed by atoms with Gasteiger partial charge in [-0.05, 0) is 45.8 Å². The summed E-state index contributed by atoms with van der Waals surface area (Å²) < 4.78 is 42.8. The van der Waals surface area contributed by atoms with Crippen LogP contribution in [0.2, 0.25) is 18.1 Å². The molecule has 1 N–H and O–H groups in total. The fourth-order valence-corrected chi connectivity index (χ4v) is 5.65. The van der Waals surface area contributed by atoms with Gasteiger partial charge in [-0.15, -0.1) is 0 Å². The van der Waals surface area contributed by atoms with Crippen molar-refractivity contribution < 1.29 is 38.0 Å². The largest absolute Gasteiger partial charge is 0.408 e. The van der Waals surface area contributed by atoms with Gasteiger partial charge >= 0.3 is 0 Å².